The number of aromatic nitrogens is 4. The number of carbonyl (C=O) groups excluding carboxylic acids is 1. The molecule has 7 nitrogen and oxygen atoms in total. The molecule has 0 saturated carbocycles. The van der Waals surface area contributed by atoms with Crippen LogP contribution in [0.15, 0.2) is 47.7 Å². The minimum Gasteiger partial charge on any atom is -0.352 e. The second-order valence-electron chi connectivity index (χ2n) is 5.56. The Bertz CT molecular complexity index is 933. The number of halogens is 1. The zero-order valence-corrected chi connectivity index (χ0v) is 13.8. The van der Waals surface area contributed by atoms with Gasteiger partial charge in [-0.15, -0.1) is 0 Å². The van der Waals surface area contributed by atoms with E-state index in [1.807, 2.05) is 25.1 Å². The van der Waals surface area contributed by atoms with Crippen LogP contribution in [0, 0.1) is 0 Å². The summed E-state index contributed by atoms with van der Waals surface area (Å²) in [6.45, 7) is 1.76. The summed E-state index contributed by atoms with van der Waals surface area (Å²) < 4.78 is 2.50. The van der Waals surface area contributed by atoms with Crippen LogP contribution in [0.1, 0.15) is 12.5 Å². The van der Waals surface area contributed by atoms with Gasteiger partial charge < -0.3 is 5.32 Å². The van der Waals surface area contributed by atoms with Crippen molar-refractivity contribution in [3.63, 3.8) is 0 Å². The molecule has 0 spiro atoms. The van der Waals surface area contributed by atoms with E-state index in [9.17, 15) is 9.59 Å². The minimum absolute atomic E-state index is 0.0923. The van der Waals surface area contributed by atoms with E-state index in [0.29, 0.717) is 17.0 Å². The number of hydrogen-bond acceptors (Lipinski definition) is 4. The summed E-state index contributed by atoms with van der Waals surface area (Å²) in [6, 6.07) is 8.98. The Morgan fingerprint density at radius 3 is 2.96 bits per heavy atom. The Balaban J connectivity index is 1.64. The van der Waals surface area contributed by atoms with Gasteiger partial charge in [-0.3, -0.25) is 9.59 Å². The molecule has 3 aromatic rings. The van der Waals surface area contributed by atoms with Gasteiger partial charge in [0.05, 0.1) is 6.20 Å². The molecule has 0 aliphatic heterocycles. The van der Waals surface area contributed by atoms with Crippen LogP contribution in [0.5, 0.6) is 0 Å². The van der Waals surface area contributed by atoms with E-state index in [1.54, 1.807) is 12.1 Å². The van der Waals surface area contributed by atoms with Gasteiger partial charge in [0.25, 0.3) is 5.56 Å². The summed E-state index contributed by atoms with van der Waals surface area (Å²) in [6.07, 6.45) is 3.56. The number of nitrogens with zero attached hydrogens (tertiary/aromatic N) is 4. The number of benzene rings is 1. The van der Waals surface area contributed by atoms with Gasteiger partial charge in [0.15, 0.2) is 0 Å². The van der Waals surface area contributed by atoms with E-state index >= 15 is 0 Å². The van der Waals surface area contributed by atoms with E-state index in [4.69, 9.17) is 11.6 Å². The molecule has 24 heavy (non-hydrogen) atoms. The molecule has 0 radical (unpaired) electrons. The van der Waals surface area contributed by atoms with Gasteiger partial charge in [-0.05, 0) is 37.1 Å². The van der Waals surface area contributed by atoms with Crippen LogP contribution >= 0.6 is 11.6 Å². The van der Waals surface area contributed by atoms with Crippen LogP contribution in [0.4, 0.5) is 0 Å². The standard InChI is InChI=1S/C16H16ClN5O2/c1-11(7-12-3-2-4-13(17)8-12)20-15(23)9-21-16(24)14-5-6-18-22(14)10-19-21/h2-6,8,10-11H,7,9H2,1H3,(H,20,23)/t11-/m0/s1. The van der Waals surface area contributed by atoms with Crippen molar-refractivity contribution < 1.29 is 4.79 Å². The predicted molar refractivity (Wildman–Crippen MR) is 90.0 cm³/mol. The zero-order chi connectivity index (χ0) is 17.1. The first-order valence-corrected chi connectivity index (χ1v) is 7.84. The normalized spacial score (nSPS) is 12.2. The number of nitrogens with one attached hydrogen (secondary N) is 1. The van der Waals surface area contributed by atoms with Crippen LogP contribution in [0.2, 0.25) is 5.02 Å². The van der Waals surface area contributed by atoms with Gasteiger partial charge in [0.2, 0.25) is 5.91 Å². The fourth-order valence-electron chi connectivity index (χ4n) is 2.51. The van der Waals surface area contributed by atoms with Crippen molar-refractivity contribution in [3.05, 3.63) is 63.8 Å². The highest BCUT2D eigenvalue weighted by Crippen LogP contribution is 2.12. The van der Waals surface area contributed by atoms with Crippen LogP contribution in [0.3, 0.4) is 0 Å². The Hall–Kier alpha value is -2.67. The van der Waals surface area contributed by atoms with E-state index in [1.165, 1.54) is 17.0 Å². The highest BCUT2D eigenvalue weighted by molar-refractivity contribution is 6.30. The van der Waals surface area contributed by atoms with E-state index < -0.39 is 0 Å². The van der Waals surface area contributed by atoms with Crippen molar-refractivity contribution in [2.75, 3.05) is 0 Å². The molecular formula is C16H16ClN5O2. The Labute approximate surface area is 142 Å². The molecule has 1 N–H and O–H groups in total. The topological polar surface area (TPSA) is 81.3 Å². The summed E-state index contributed by atoms with van der Waals surface area (Å²) in [5.41, 5.74) is 1.06. The van der Waals surface area contributed by atoms with Gasteiger partial charge in [-0.25, -0.2) is 9.20 Å². The second kappa shape index (κ2) is 6.84. The van der Waals surface area contributed by atoms with Crippen LogP contribution in [-0.2, 0) is 17.8 Å². The minimum atomic E-state index is -0.354. The van der Waals surface area contributed by atoms with E-state index in [2.05, 4.69) is 15.5 Å². The summed E-state index contributed by atoms with van der Waals surface area (Å²) >= 11 is 5.96. The van der Waals surface area contributed by atoms with Crippen molar-refractivity contribution in [1.82, 2.24) is 24.7 Å². The fraction of sp³-hybridized carbons (Fsp3) is 0.250. The molecule has 2 aromatic heterocycles. The predicted octanol–water partition coefficient (Wildman–Crippen LogP) is 1.29. The van der Waals surface area contributed by atoms with Crippen molar-refractivity contribution in [3.8, 4) is 0 Å². The summed E-state index contributed by atoms with van der Waals surface area (Å²) in [5, 5.41) is 11.4. The maximum absolute atomic E-state index is 12.2. The number of fused-ring (bicyclic) bond motifs is 1. The quantitative estimate of drug-likeness (QED) is 0.755. The first-order valence-electron chi connectivity index (χ1n) is 7.46. The first-order chi connectivity index (χ1) is 11.5. The van der Waals surface area contributed by atoms with Crippen LogP contribution in [0.25, 0.3) is 5.52 Å². The van der Waals surface area contributed by atoms with Gasteiger partial charge >= 0.3 is 0 Å². The van der Waals surface area contributed by atoms with Crippen molar-refractivity contribution in [1.29, 1.82) is 0 Å². The third-order valence-electron chi connectivity index (χ3n) is 3.56. The molecule has 0 bridgehead atoms. The van der Waals surface area contributed by atoms with Crippen molar-refractivity contribution in [2.45, 2.75) is 25.9 Å². The van der Waals surface area contributed by atoms with Crippen molar-refractivity contribution in [2.24, 2.45) is 0 Å². The fourth-order valence-corrected chi connectivity index (χ4v) is 2.72. The van der Waals surface area contributed by atoms with Gasteiger partial charge in [-0.2, -0.15) is 10.2 Å². The second-order valence-corrected chi connectivity index (χ2v) is 5.99. The molecular weight excluding hydrogens is 330 g/mol. The third-order valence-corrected chi connectivity index (χ3v) is 3.79. The number of amides is 1. The Kier molecular flexibility index (Phi) is 4.61. The van der Waals surface area contributed by atoms with Gasteiger partial charge in [0, 0.05) is 11.1 Å². The molecule has 1 atom stereocenters. The van der Waals surface area contributed by atoms with E-state index in [0.717, 1.165) is 10.2 Å². The average Bonchev–Trinajstić information content (AvgIpc) is 2.99. The largest absolute Gasteiger partial charge is 0.352 e. The molecule has 2 heterocycles. The molecule has 1 amide bonds. The lowest BCUT2D eigenvalue weighted by molar-refractivity contribution is -0.122. The smallest absolute Gasteiger partial charge is 0.293 e. The van der Waals surface area contributed by atoms with Crippen LogP contribution in [-0.4, -0.2) is 31.3 Å². The Morgan fingerprint density at radius 1 is 1.33 bits per heavy atom. The van der Waals surface area contributed by atoms with Gasteiger partial charge in [-0.1, -0.05) is 23.7 Å². The van der Waals surface area contributed by atoms with E-state index in [-0.39, 0.29) is 24.1 Å². The number of hydrogen-bond donors (Lipinski definition) is 1. The molecule has 8 heteroatoms. The summed E-state index contributed by atoms with van der Waals surface area (Å²) in [4.78, 5) is 24.3. The first kappa shape index (κ1) is 16.2. The molecule has 0 fully saturated rings. The maximum atomic E-state index is 12.2. The summed E-state index contributed by atoms with van der Waals surface area (Å²) in [7, 11) is 0. The maximum Gasteiger partial charge on any atom is 0.293 e. The summed E-state index contributed by atoms with van der Waals surface area (Å²) in [5.74, 6) is -0.275. The molecule has 124 valence electrons. The lowest BCUT2D eigenvalue weighted by Gasteiger charge is -2.14. The zero-order valence-electron chi connectivity index (χ0n) is 13.0. The molecule has 3 rings (SSSR count). The third kappa shape index (κ3) is 3.62. The molecule has 0 aliphatic carbocycles. The average molecular weight is 346 g/mol. The van der Waals surface area contributed by atoms with Crippen molar-refractivity contribution >= 4 is 23.0 Å². The Morgan fingerprint density at radius 2 is 2.17 bits per heavy atom. The monoisotopic (exact) mass is 345 g/mol. The SMILES string of the molecule is C[C@@H](Cc1cccc(Cl)c1)NC(=O)Cn1ncn2nccc2c1=O. The highest BCUT2D eigenvalue weighted by atomic mass is 35.5. The lowest BCUT2D eigenvalue weighted by Crippen LogP contribution is -2.39. The van der Waals surface area contributed by atoms with Crippen LogP contribution < -0.4 is 10.9 Å². The highest BCUT2D eigenvalue weighted by Gasteiger charge is 2.12. The lowest BCUT2D eigenvalue weighted by atomic mass is 10.1. The number of rotatable bonds is 5. The molecule has 0 saturated heterocycles. The molecule has 0 unspecified atom stereocenters. The molecule has 1 aromatic carbocycles. The number of carbonyl (C=O) groups is 1. The molecule has 0 aliphatic rings. The van der Waals surface area contributed by atoms with Gasteiger partial charge in [0.1, 0.15) is 18.4 Å².